The Labute approximate surface area is 102 Å². The predicted octanol–water partition coefficient (Wildman–Crippen LogP) is 1.96. The maximum absolute atomic E-state index is 2.42. The normalized spacial score (nSPS) is 11.7. The molecule has 90 valence electrons. The second-order valence-electron chi connectivity index (χ2n) is 4.79. The van der Waals surface area contributed by atoms with Crippen LogP contribution < -0.4 is 0 Å². The van der Waals surface area contributed by atoms with E-state index in [-0.39, 0.29) is 0 Å². The van der Waals surface area contributed by atoms with Crippen molar-refractivity contribution in [2.24, 2.45) is 0 Å². The zero-order valence-electron chi connectivity index (χ0n) is 11.0. The first kappa shape index (κ1) is 13.4. The van der Waals surface area contributed by atoms with Crippen molar-refractivity contribution < 1.29 is 0 Å². The highest BCUT2D eigenvalue weighted by molar-refractivity contribution is 6.52. The third-order valence-electron chi connectivity index (χ3n) is 2.96. The van der Waals surface area contributed by atoms with Crippen LogP contribution in [-0.2, 0) is 6.42 Å². The van der Waals surface area contributed by atoms with Crippen LogP contribution in [0, 0.1) is 0 Å². The lowest BCUT2D eigenvalue weighted by atomic mass is 10.1. The maximum atomic E-state index is 2.42. The van der Waals surface area contributed by atoms with Gasteiger partial charge in [-0.3, -0.25) is 0 Å². The molecule has 0 atom stereocenters. The molecule has 0 unspecified atom stereocenters. The molecule has 2 nitrogen and oxygen atoms in total. The molecule has 0 aliphatic heterocycles. The molecule has 0 aliphatic carbocycles. The van der Waals surface area contributed by atoms with Gasteiger partial charge in [-0.2, -0.15) is 0 Å². The van der Waals surface area contributed by atoms with Crippen LogP contribution in [0.5, 0.6) is 0 Å². The summed E-state index contributed by atoms with van der Waals surface area (Å²) in [6, 6.07) is 12.1. The Hall–Kier alpha value is -0.643. The molecule has 0 fully saturated rings. The van der Waals surface area contributed by atoms with Crippen molar-refractivity contribution in [2.45, 2.75) is 18.9 Å². The zero-order valence-corrected chi connectivity index (χ0v) is 12.1. The number of hydrogen-bond acceptors (Lipinski definition) is 2. The van der Waals surface area contributed by atoms with Crippen LogP contribution in [0.3, 0.4) is 0 Å². The van der Waals surface area contributed by atoms with Crippen molar-refractivity contribution in [2.75, 3.05) is 28.2 Å². The Morgan fingerprint density at radius 3 is 2.00 bits per heavy atom. The molecule has 0 spiro atoms. The zero-order chi connectivity index (χ0) is 12.0. The second-order valence-corrected chi connectivity index (χ2v) is 8.39. The minimum atomic E-state index is -0.855. The number of aryl methyl sites for hydroxylation is 1. The van der Waals surface area contributed by atoms with E-state index in [0.29, 0.717) is 0 Å². The average Bonchev–Trinajstić information content (AvgIpc) is 2.24. The van der Waals surface area contributed by atoms with Crippen LogP contribution in [0.25, 0.3) is 0 Å². The fourth-order valence-electron chi connectivity index (χ4n) is 2.11. The van der Waals surface area contributed by atoms with Crippen LogP contribution in [0.15, 0.2) is 30.3 Å². The number of rotatable bonds is 6. The third-order valence-corrected chi connectivity index (χ3v) is 6.27. The Kier molecular flexibility index (Phi) is 5.73. The van der Waals surface area contributed by atoms with Gasteiger partial charge in [0.2, 0.25) is 0 Å². The Morgan fingerprint density at radius 2 is 1.50 bits per heavy atom. The van der Waals surface area contributed by atoms with E-state index in [4.69, 9.17) is 0 Å². The van der Waals surface area contributed by atoms with Gasteiger partial charge in [0.1, 0.15) is 0 Å². The fourth-order valence-corrected chi connectivity index (χ4v) is 4.64. The van der Waals surface area contributed by atoms with Crippen molar-refractivity contribution in [3.05, 3.63) is 35.9 Å². The van der Waals surface area contributed by atoms with Crippen molar-refractivity contribution in [3.8, 4) is 0 Å². The summed E-state index contributed by atoms with van der Waals surface area (Å²) >= 11 is 0. The molecule has 1 aromatic rings. The fraction of sp³-hybridized carbons (Fsp3) is 0.538. The smallest absolute Gasteiger partial charge is 0.189 e. The number of hydrogen-bond donors (Lipinski definition) is 0. The van der Waals surface area contributed by atoms with E-state index >= 15 is 0 Å². The largest absolute Gasteiger partial charge is 0.320 e. The quantitative estimate of drug-likeness (QED) is 0.697. The molecule has 3 heteroatoms. The van der Waals surface area contributed by atoms with Crippen molar-refractivity contribution >= 4 is 9.12 Å². The molecule has 0 bridgehead atoms. The van der Waals surface area contributed by atoms with Crippen LogP contribution in [0.4, 0.5) is 0 Å². The maximum Gasteiger partial charge on any atom is 0.189 e. The summed E-state index contributed by atoms with van der Waals surface area (Å²) < 4.78 is 4.84. The summed E-state index contributed by atoms with van der Waals surface area (Å²) in [4.78, 5) is 0. The summed E-state index contributed by atoms with van der Waals surface area (Å²) in [5.74, 6) is 0. The lowest BCUT2D eigenvalue weighted by Crippen LogP contribution is -2.45. The topological polar surface area (TPSA) is 6.48 Å². The first-order valence-corrected chi connectivity index (χ1v) is 7.83. The summed E-state index contributed by atoms with van der Waals surface area (Å²) in [6.07, 6.45) is 2.52. The van der Waals surface area contributed by atoms with Gasteiger partial charge >= 0.3 is 0 Å². The van der Waals surface area contributed by atoms with E-state index in [1.165, 1.54) is 24.4 Å². The van der Waals surface area contributed by atoms with Crippen molar-refractivity contribution in [3.63, 3.8) is 0 Å². The Morgan fingerprint density at radius 1 is 0.938 bits per heavy atom. The van der Waals surface area contributed by atoms with Crippen LogP contribution in [-0.4, -0.2) is 46.4 Å². The summed E-state index contributed by atoms with van der Waals surface area (Å²) in [6.45, 7) is 0. The van der Waals surface area contributed by atoms with Crippen LogP contribution in [0.2, 0.25) is 6.04 Å². The average molecular weight is 236 g/mol. The molecule has 0 saturated carbocycles. The number of benzene rings is 1. The molecule has 0 aromatic heterocycles. The molecule has 16 heavy (non-hydrogen) atoms. The first-order valence-electron chi connectivity index (χ1n) is 5.98. The van der Waals surface area contributed by atoms with Crippen molar-refractivity contribution in [1.82, 2.24) is 9.13 Å². The third kappa shape index (κ3) is 4.47. The van der Waals surface area contributed by atoms with Gasteiger partial charge in [0.05, 0.1) is 0 Å². The Balaban J connectivity index is 2.34. The van der Waals surface area contributed by atoms with E-state index in [1.807, 2.05) is 0 Å². The van der Waals surface area contributed by atoms with Gasteiger partial charge in [-0.15, -0.1) is 0 Å². The second kappa shape index (κ2) is 6.84. The monoisotopic (exact) mass is 236 g/mol. The molecular formula is C13H24N2Si. The highest BCUT2D eigenvalue weighted by atomic mass is 28.3. The Bertz CT molecular complexity index is 277. The molecule has 0 radical (unpaired) electrons. The van der Waals surface area contributed by atoms with Gasteiger partial charge in [0.15, 0.2) is 9.12 Å². The standard InChI is InChI=1S/C13H24N2Si/c1-14(2)16(15(3)4)12-8-11-13-9-6-5-7-10-13/h5-7,9-10,16H,8,11-12H2,1-4H3. The van der Waals surface area contributed by atoms with E-state index < -0.39 is 9.12 Å². The lowest BCUT2D eigenvalue weighted by molar-refractivity contribution is 0.510. The van der Waals surface area contributed by atoms with Gasteiger partial charge < -0.3 is 9.13 Å². The molecule has 0 aliphatic rings. The summed E-state index contributed by atoms with van der Waals surface area (Å²) in [5, 5.41) is 0. The molecule has 1 aromatic carbocycles. The molecular weight excluding hydrogens is 212 g/mol. The van der Waals surface area contributed by atoms with Crippen LogP contribution in [0.1, 0.15) is 12.0 Å². The van der Waals surface area contributed by atoms with E-state index in [1.54, 1.807) is 0 Å². The highest BCUT2D eigenvalue weighted by Crippen LogP contribution is 2.09. The first-order chi connectivity index (χ1) is 7.61. The number of nitrogens with zero attached hydrogens (tertiary/aromatic N) is 2. The molecule has 0 heterocycles. The minimum Gasteiger partial charge on any atom is -0.320 e. The van der Waals surface area contributed by atoms with Crippen LogP contribution >= 0.6 is 0 Å². The molecule has 1 rings (SSSR count). The SMILES string of the molecule is CN(C)[SiH](CCCc1ccccc1)N(C)C. The van der Waals surface area contributed by atoms with Gasteiger partial charge in [-0.05, 0) is 52.6 Å². The van der Waals surface area contributed by atoms with E-state index in [0.717, 1.165) is 0 Å². The van der Waals surface area contributed by atoms with Gasteiger partial charge in [-0.25, -0.2) is 0 Å². The minimum absolute atomic E-state index is 0.855. The summed E-state index contributed by atoms with van der Waals surface area (Å²) in [5.41, 5.74) is 1.47. The lowest BCUT2D eigenvalue weighted by Gasteiger charge is -2.28. The van der Waals surface area contributed by atoms with E-state index in [9.17, 15) is 0 Å². The molecule has 0 N–H and O–H groups in total. The van der Waals surface area contributed by atoms with E-state index in [2.05, 4.69) is 67.7 Å². The highest BCUT2D eigenvalue weighted by Gasteiger charge is 2.15. The van der Waals surface area contributed by atoms with Gasteiger partial charge in [-0.1, -0.05) is 30.3 Å². The molecule has 0 amide bonds. The predicted molar refractivity (Wildman–Crippen MR) is 74.1 cm³/mol. The summed E-state index contributed by atoms with van der Waals surface area (Å²) in [7, 11) is 7.98. The van der Waals surface area contributed by atoms with Crippen molar-refractivity contribution in [1.29, 1.82) is 0 Å². The van der Waals surface area contributed by atoms with Gasteiger partial charge in [0.25, 0.3) is 0 Å². The van der Waals surface area contributed by atoms with Gasteiger partial charge in [0, 0.05) is 0 Å². The molecule has 0 saturated heterocycles.